The van der Waals surface area contributed by atoms with Crippen LogP contribution in [0.15, 0.2) is 115 Å². The molecule has 50 heavy (non-hydrogen) atoms. The Balaban J connectivity index is 1.52. The predicted octanol–water partition coefficient (Wildman–Crippen LogP) is 6.21. The Morgan fingerprint density at radius 2 is 1.32 bits per heavy atom. The van der Waals surface area contributed by atoms with E-state index >= 15 is 4.79 Å². The molecule has 4 aromatic carbocycles. The highest BCUT2D eigenvalue weighted by Gasteiger charge is 2.49. The van der Waals surface area contributed by atoms with Crippen LogP contribution in [-0.2, 0) is 40.4 Å². The molecule has 1 fully saturated rings. The second kappa shape index (κ2) is 16.5. The topological polar surface area (TPSA) is 111 Å². The molecule has 262 valence electrons. The van der Waals surface area contributed by atoms with E-state index < -0.39 is 23.3 Å². The molecule has 3 amide bonds. The van der Waals surface area contributed by atoms with Crippen molar-refractivity contribution in [3.8, 4) is 5.75 Å². The Morgan fingerprint density at radius 1 is 0.780 bits per heavy atom. The van der Waals surface area contributed by atoms with Gasteiger partial charge in [0.15, 0.2) is 0 Å². The molecule has 1 aliphatic heterocycles. The standard InChI is InChI=1S/C41H48N4O5/c1-40(2,3)50-39(49)43-36(27-31-19-21-35(46)22-20-31)37(47)45(30-34-17-11-6-12-18-34)41(38(48)42-28-32-13-7-4-8-14-32)23-25-44(26-24-41)29-33-15-9-5-10-16-33/h4-22,36,46H,23-30H2,1-3H3,(H,42,48)(H,43,49)/t36-/m0/s1. The minimum atomic E-state index is -1.21. The zero-order valence-corrected chi connectivity index (χ0v) is 29.2. The summed E-state index contributed by atoms with van der Waals surface area (Å²) in [5.74, 6) is -0.525. The molecule has 0 unspecified atom stereocenters. The molecule has 9 nitrogen and oxygen atoms in total. The number of aromatic hydroxyl groups is 1. The molecular weight excluding hydrogens is 628 g/mol. The highest BCUT2D eigenvalue weighted by molar-refractivity contribution is 5.94. The van der Waals surface area contributed by atoms with Gasteiger partial charge in [-0.05, 0) is 68.0 Å². The number of nitrogens with one attached hydrogen (secondary N) is 2. The average molecular weight is 677 g/mol. The number of rotatable bonds is 12. The molecule has 9 heteroatoms. The molecule has 0 saturated carbocycles. The third-order valence-corrected chi connectivity index (χ3v) is 8.98. The van der Waals surface area contributed by atoms with E-state index in [-0.39, 0.29) is 30.5 Å². The number of alkyl carbamates (subject to hydrolysis) is 1. The normalized spacial score (nSPS) is 15.0. The van der Waals surface area contributed by atoms with Gasteiger partial charge < -0.3 is 25.4 Å². The molecule has 0 aromatic heterocycles. The fraction of sp³-hybridized carbons (Fsp3) is 0.341. The third-order valence-electron chi connectivity index (χ3n) is 8.98. The van der Waals surface area contributed by atoms with Crippen LogP contribution in [0, 0.1) is 0 Å². The smallest absolute Gasteiger partial charge is 0.408 e. The van der Waals surface area contributed by atoms with Crippen molar-refractivity contribution in [1.29, 1.82) is 0 Å². The van der Waals surface area contributed by atoms with Crippen LogP contribution in [0.5, 0.6) is 5.75 Å². The van der Waals surface area contributed by atoms with Crippen LogP contribution < -0.4 is 10.6 Å². The first-order valence-corrected chi connectivity index (χ1v) is 17.2. The van der Waals surface area contributed by atoms with Crippen molar-refractivity contribution in [2.24, 2.45) is 0 Å². The number of phenolic OH excluding ortho intramolecular Hbond substituents is 1. The first-order valence-electron chi connectivity index (χ1n) is 17.2. The average Bonchev–Trinajstić information content (AvgIpc) is 3.11. The number of hydrogen-bond acceptors (Lipinski definition) is 6. The third kappa shape index (κ3) is 9.95. The quantitative estimate of drug-likeness (QED) is 0.165. The Labute approximate surface area is 295 Å². The van der Waals surface area contributed by atoms with Crippen molar-refractivity contribution in [3.05, 3.63) is 138 Å². The van der Waals surface area contributed by atoms with Gasteiger partial charge in [0, 0.05) is 39.1 Å². The summed E-state index contributed by atoms with van der Waals surface area (Å²) in [4.78, 5) is 47.0. The number of likely N-dealkylation sites (tertiary alicyclic amines) is 1. The summed E-state index contributed by atoms with van der Waals surface area (Å²) in [7, 11) is 0. The van der Waals surface area contributed by atoms with Crippen molar-refractivity contribution in [1.82, 2.24) is 20.4 Å². The van der Waals surface area contributed by atoms with E-state index in [0.29, 0.717) is 32.5 Å². The Kier molecular flexibility index (Phi) is 11.9. The van der Waals surface area contributed by atoms with Gasteiger partial charge >= 0.3 is 6.09 Å². The number of ether oxygens (including phenoxy) is 1. The van der Waals surface area contributed by atoms with E-state index in [4.69, 9.17) is 4.74 Å². The molecular formula is C41H48N4O5. The molecule has 1 heterocycles. The zero-order chi connectivity index (χ0) is 35.6. The Bertz CT molecular complexity index is 1680. The van der Waals surface area contributed by atoms with Crippen LogP contribution in [-0.4, -0.2) is 63.1 Å². The zero-order valence-electron chi connectivity index (χ0n) is 29.2. The lowest BCUT2D eigenvalue weighted by molar-refractivity contribution is -0.154. The number of carbonyl (C=O) groups excluding carboxylic acids is 3. The molecule has 0 bridgehead atoms. The lowest BCUT2D eigenvalue weighted by atomic mass is 9.82. The van der Waals surface area contributed by atoms with Gasteiger partial charge in [-0.2, -0.15) is 0 Å². The fourth-order valence-corrected chi connectivity index (χ4v) is 6.40. The summed E-state index contributed by atoms with van der Waals surface area (Å²) in [5, 5.41) is 15.9. The van der Waals surface area contributed by atoms with Crippen molar-refractivity contribution in [2.75, 3.05) is 13.1 Å². The summed E-state index contributed by atoms with van der Waals surface area (Å²) in [6.07, 6.45) is 0.204. The molecule has 1 atom stereocenters. The summed E-state index contributed by atoms with van der Waals surface area (Å²) >= 11 is 0. The van der Waals surface area contributed by atoms with Crippen molar-refractivity contribution >= 4 is 17.9 Å². The van der Waals surface area contributed by atoms with Crippen LogP contribution >= 0.6 is 0 Å². The number of nitrogens with zero attached hydrogens (tertiary/aromatic N) is 2. The summed E-state index contributed by atoms with van der Waals surface area (Å²) in [6.45, 7) is 7.69. The van der Waals surface area contributed by atoms with Gasteiger partial charge in [-0.25, -0.2) is 4.79 Å². The van der Waals surface area contributed by atoms with E-state index in [1.54, 1.807) is 49.9 Å². The summed E-state index contributed by atoms with van der Waals surface area (Å²) in [5.41, 5.74) is 1.74. The van der Waals surface area contributed by atoms with Gasteiger partial charge in [-0.3, -0.25) is 14.5 Å². The molecule has 3 N–H and O–H groups in total. The lowest BCUT2D eigenvalue weighted by Crippen LogP contribution is -2.67. The lowest BCUT2D eigenvalue weighted by Gasteiger charge is -2.48. The first kappa shape index (κ1) is 36.1. The van der Waals surface area contributed by atoms with Gasteiger partial charge in [0.05, 0.1) is 0 Å². The maximum Gasteiger partial charge on any atom is 0.408 e. The highest BCUT2D eigenvalue weighted by Crippen LogP contribution is 2.33. The van der Waals surface area contributed by atoms with Gasteiger partial charge in [0.2, 0.25) is 11.8 Å². The number of benzene rings is 4. The van der Waals surface area contributed by atoms with Gasteiger partial charge in [0.25, 0.3) is 0 Å². The predicted molar refractivity (Wildman–Crippen MR) is 194 cm³/mol. The van der Waals surface area contributed by atoms with Crippen LogP contribution in [0.1, 0.15) is 55.9 Å². The Hall–Kier alpha value is -5.15. The fourth-order valence-electron chi connectivity index (χ4n) is 6.40. The van der Waals surface area contributed by atoms with E-state index in [9.17, 15) is 14.7 Å². The van der Waals surface area contributed by atoms with E-state index in [1.165, 1.54) is 5.56 Å². The van der Waals surface area contributed by atoms with E-state index in [2.05, 4.69) is 27.7 Å². The second-order valence-corrected chi connectivity index (χ2v) is 13.9. The van der Waals surface area contributed by atoms with Crippen molar-refractivity contribution in [3.63, 3.8) is 0 Å². The summed E-state index contributed by atoms with van der Waals surface area (Å²) in [6, 6.07) is 35.0. The number of piperidine rings is 1. The highest BCUT2D eigenvalue weighted by atomic mass is 16.6. The molecule has 0 radical (unpaired) electrons. The number of phenols is 1. The SMILES string of the molecule is CC(C)(C)OC(=O)N[C@@H](Cc1ccc(O)cc1)C(=O)N(Cc1ccccc1)C1(C(=O)NCc2ccccc2)CCN(Cc2ccccc2)CC1. The van der Waals surface area contributed by atoms with Gasteiger partial charge in [-0.15, -0.1) is 0 Å². The maximum atomic E-state index is 15.1. The molecule has 0 spiro atoms. The minimum Gasteiger partial charge on any atom is -0.508 e. The van der Waals surface area contributed by atoms with E-state index in [0.717, 1.165) is 23.2 Å². The van der Waals surface area contributed by atoms with Gasteiger partial charge in [-0.1, -0.05) is 103 Å². The van der Waals surface area contributed by atoms with Crippen molar-refractivity contribution < 1.29 is 24.2 Å². The van der Waals surface area contributed by atoms with Gasteiger partial charge in [0.1, 0.15) is 22.9 Å². The van der Waals surface area contributed by atoms with Crippen molar-refractivity contribution in [2.45, 2.75) is 76.8 Å². The maximum absolute atomic E-state index is 15.1. The first-order chi connectivity index (χ1) is 24.0. The molecule has 1 saturated heterocycles. The van der Waals surface area contributed by atoms with E-state index in [1.807, 2.05) is 78.9 Å². The molecule has 4 aromatic rings. The Morgan fingerprint density at radius 3 is 1.88 bits per heavy atom. The second-order valence-electron chi connectivity index (χ2n) is 13.9. The minimum absolute atomic E-state index is 0.0961. The number of carbonyl (C=O) groups is 3. The summed E-state index contributed by atoms with van der Waals surface area (Å²) < 4.78 is 5.60. The van der Waals surface area contributed by atoms with Crippen LogP contribution in [0.25, 0.3) is 0 Å². The number of amides is 3. The monoisotopic (exact) mass is 676 g/mol. The largest absolute Gasteiger partial charge is 0.508 e. The number of hydrogen-bond donors (Lipinski definition) is 3. The molecule has 1 aliphatic rings. The van der Waals surface area contributed by atoms with Crippen LogP contribution in [0.4, 0.5) is 4.79 Å². The van der Waals surface area contributed by atoms with Crippen LogP contribution in [0.2, 0.25) is 0 Å². The van der Waals surface area contributed by atoms with Crippen LogP contribution in [0.3, 0.4) is 0 Å². The molecule has 5 rings (SSSR count). The molecule has 0 aliphatic carbocycles.